The first-order valence-corrected chi connectivity index (χ1v) is 7.79. The fourth-order valence-electron chi connectivity index (χ4n) is 2.84. The molecule has 0 spiro atoms. The lowest BCUT2D eigenvalue weighted by Gasteiger charge is -2.26. The molecule has 6 nitrogen and oxygen atoms in total. The molecule has 2 unspecified atom stereocenters. The fraction of sp³-hybridized carbons (Fsp3) is 0.733. The SMILES string of the molecule is CCC(C)[C@H](N)C(=O)NC1CCCc2c1cnn2CCO. The van der Waals surface area contributed by atoms with Gasteiger partial charge < -0.3 is 16.2 Å². The summed E-state index contributed by atoms with van der Waals surface area (Å²) in [5, 5.41) is 16.4. The van der Waals surface area contributed by atoms with Crippen LogP contribution in [-0.4, -0.2) is 33.4 Å². The predicted octanol–water partition coefficient (Wildman–Crippen LogP) is 0.742. The van der Waals surface area contributed by atoms with E-state index < -0.39 is 6.04 Å². The summed E-state index contributed by atoms with van der Waals surface area (Å²) < 4.78 is 1.84. The van der Waals surface area contributed by atoms with Gasteiger partial charge in [-0.25, -0.2) is 0 Å². The summed E-state index contributed by atoms with van der Waals surface area (Å²) in [5.74, 6) is 0.0854. The number of rotatable bonds is 6. The van der Waals surface area contributed by atoms with Crippen LogP contribution in [0.1, 0.15) is 50.4 Å². The number of nitrogens with two attached hydrogens (primary N) is 1. The number of nitrogens with one attached hydrogen (secondary N) is 1. The second kappa shape index (κ2) is 7.04. The van der Waals surface area contributed by atoms with E-state index in [1.165, 1.54) is 0 Å². The van der Waals surface area contributed by atoms with Crippen molar-refractivity contribution >= 4 is 5.91 Å². The van der Waals surface area contributed by atoms with Gasteiger partial charge in [-0.1, -0.05) is 20.3 Å². The highest BCUT2D eigenvalue weighted by Crippen LogP contribution is 2.29. The highest BCUT2D eigenvalue weighted by molar-refractivity contribution is 5.82. The number of hydrogen-bond acceptors (Lipinski definition) is 4. The summed E-state index contributed by atoms with van der Waals surface area (Å²) in [6.45, 7) is 4.61. The van der Waals surface area contributed by atoms with Crippen molar-refractivity contribution in [2.24, 2.45) is 11.7 Å². The molecule has 1 aliphatic rings. The third-order valence-corrected chi connectivity index (χ3v) is 4.45. The van der Waals surface area contributed by atoms with E-state index in [1.54, 1.807) is 0 Å². The van der Waals surface area contributed by atoms with Crippen molar-refractivity contribution in [2.75, 3.05) is 6.61 Å². The highest BCUT2D eigenvalue weighted by Gasteiger charge is 2.28. The van der Waals surface area contributed by atoms with Crippen LogP contribution in [0.25, 0.3) is 0 Å². The molecule has 0 saturated heterocycles. The van der Waals surface area contributed by atoms with Crippen molar-refractivity contribution in [1.29, 1.82) is 0 Å². The molecule has 1 aliphatic carbocycles. The molecule has 0 bridgehead atoms. The lowest BCUT2D eigenvalue weighted by atomic mass is 9.92. The normalized spacial score (nSPS) is 20.7. The average Bonchev–Trinajstić information content (AvgIpc) is 2.90. The molecule has 1 amide bonds. The molecule has 1 aromatic heterocycles. The van der Waals surface area contributed by atoms with Crippen LogP contribution < -0.4 is 11.1 Å². The zero-order valence-electron chi connectivity index (χ0n) is 12.9. The summed E-state index contributed by atoms with van der Waals surface area (Å²) in [6, 6.07) is -0.475. The van der Waals surface area contributed by atoms with Crippen LogP contribution in [-0.2, 0) is 17.8 Å². The minimum absolute atomic E-state index is 0.0104. The molecule has 0 saturated carbocycles. The van der Waals surface area contributed by atoms with Gasteiger partial charge in [0.25, 0.3) is 0 Å². The van der Waals surface area contributed by atoms with Gasteiger partial charge in [0.2, 0.25) is 5.91 Å². The van der Waals surface area contributed by atoms with E-state index in [9.17, 15) is 4.79 Å². The number of nitrogens with zero attached hydrogens (tertiary/aromatic N) is 2. The van der Waals surface area contributed by atoms with Gasteiger partial charge in [-0.3, -0.25) is 9.48 Å². The molecular formula is C15H26N4O2. The molecule has 1 heterocycles. The Bertz CT molecular complexity index is 486. The Hall–Kier alpha value is -1.40. The molecule has 0 radical (unpaired) electrons. The van der Waals surface area contributed by atoms with E-state index in [4.69, 9.17) is 10.8 Å². The van der Waals surface area contributed by atoms with E-state index in [-0.39, 0.29) is 24.5 Å². The molecule has 2 rings (SSSR count). The van der Waals surface area contributed by atoms with Crippen molar-refractivity contribution in [3.05, 3.63) is 17.5 Å². The summed E-state index contributed by atoms with van der Waals surface area (Å²) in [7, 11) is 0. The third kappa shape index (κ3) is 3.44. The molecular weight excluding hydrogens is 268 g/mol. The smallest absolute Gasteiger partial charge is 0.237 e. The van der Waals surface area contributed by atoms with Crippen molar-refractivity contribution in [1.82, 2.24) is 15.1 Å². The molecule has 3 atom stereocenters. The largest absolute Gasteiger partial charge is 0.394 e. The van der Waals surface area contributed by atoms with Gasteiger partial charge in [-0.2, -0.15) is 5.10 Å². The second-order valence-electron chi connectivity index (χ2n) is 5.86. The van der Waals surface area contributed by atoms with E-state index in [2.05, 4.69) is 10.4 Å². The molecule has 21 heavy (non-hydrogen) atoms. The molecule has 118 valence electrons. The number of fused-ring (bicyclic) bond motifs is 1. The number of aliphatic hydroxyl groups excluding tert-OH is 1. The summed E-state index contributed by atoms with van der Waals surface area (Å²) in [5.41, 5.74) is 8.19. The Balaban J connectivity index is 2.08. The molecule has 1 aromatic rings. The van der Waals surface area contributed by atoms with Gasteiger partial charge in [0.15, 0.2) is 0 Å². The maximum absolute atomic E-state index is 12.3. The summed E-state index contributed by atoms with van der Waals surface area (Å²) in [6.07, 6.45) is 5.56. The van der Waals surface area contributed by atoms with Crippen molar-refractivity contribution in [3.8, 4) is 0 Å². The zero-order valence-corrected chi connectivity index (χ0v) is 12.9. The van der Waals surface area contributed by atoms with Gasteiger partial charge in [-0.05, 0) is 25.2 Å². The maximum Gasteiger partial charge on any atom is 0.237 e. The van der Waals surface area contributed by atoms with Crippen molar-refractivity contribution in [2.45, 2.75) is 58.2 Å². The Labute approximate surface area is 125 Å². The zero-order chi connectivity index (χ0) is 15.4. The third-order valence-electron chi connectivity index (χ3n) is 4.45. The van der Waals surface area contributed by atoms with E-state index >= 15 is 0 Å². The monoisotopic (exact) mass is 294 g/mol. The van der Waals surface area contributed by atoms with Crippen LogP contribution in [0.4, 0.5) is 0 Å². The topological polar surface area (TPSA) is 93.2 Å². The number of aliphatic hydroxyl groups is 1. The Morgan fingerprint density at radius 1 is 1.67 bits per heavy atom. The van der Waals surface area contributed by atoms with E-state index in [0.29, 0.717) is 6.54 Å². The van der Waals surface area contributed by atoms with Crippen LogP contribution in [0.3, 0.4) is 0 Å². The Kier molecular flexibility index (Phi) is 5.36. The number of carbonyl (C=O) groups is 1. The van der Waals surface area contributed by atoms with Crippen molar-refractivity contribution in [3.63, 3.8) is 0 Å². The number of aromatic nitrogens is 2. The number of amides is 1. The van der Waals surface area contributed by atoms with Gasteiger partial charge in [-0.15, -0.1) is 0 Å². The standard InChI is InChI=1S/C15H26N4O2/c1-3-10(2)14(16)15(21)18-12-5-4-6-13-11(12)9-17-19(13)7-8-20/h9-10,12,14,20H,3-8,16H2,1-2H3,(H,18,21)/t10?,12?,14-/m0/s1. The lowest BCUT2D eigenvalue weighted by molar-refractivity contribution is -0.124. The van der Waals surface area contributed by atoms with Crippen molar-refractivity contribution < 1.29 is 9.90 Å². The van der Waals surface area contributed by atoms with Crippen LogP contribution in [0, 0.1) is 5.92 Å². The molecule has 0 fully saturated rings. The minimum Gasteiger partial charge on any atom is -0.394 e. The summed E-state index contributed by atoms with van der Waals surface area (Å²) in [4.78, 5) is 12.3. The second-order valence-corrected chi connectivity index (χ2v) is 5.86. The van der Waals surface area contributed by atoms with Gasteiger partial charge in [0.05, 0.1) is 31.4 Å². The summed E-state index contributed by atoms with van der Waals surface area (Å²) >= 11 is 0. The Morgan fingerprint density at radius 2 is 2.43 bits per heavy atom. The maximum atomic E-state index is 12.3. The lowest BCUT2D eigenvalue weighted by Crippen LogP contribution is -2.46. The van der Waals surface area contributed by atoms with Crippen LogP contribution >= 0.6 is 0 Å². The van der Waals surface area contributed by atoms with Gasteiger partial charge >= 0.3 is 0 Å². The van der Waals surface area contributed by atoms with Crippen LogP contribution in [0.5, 0.6) is 0 Å². The molecule has 4 N–H and O–H groups in total. The number of hydrogen-bond donors (Lipinski definition) is 3. The van der Waals surface area contributed by atoms with E-state index in [1.807, 2.05) is 24.7 Å². The molecule has 0 aromatic carbocycles. The number of carbonyl (C=O) groups excluding carboxylic acids is 1. The first-order chi connectivity index (χ1) is 10.1. The first-order valence-electron chi connectivity index (χ1n) is 7.79. The highest BCUT2D eigenvalue weighted by atomic mass is 16.3. The first kappa shape index (κ1) is 16.0. The fourth-order valence-corrected chi connectivity index (χ4v) is 2.84. The average molecular weight is 294 g/mol. The van der Waals surface area contributed by atoms with Crippen LogP contribution in [0.2, 0.25) is 0 Å². The minimum atomic E-state index is -0.465. The predicted molar refractivity (Wildman–Crippen MR) is 80.6 cm³/mol. The van der Waals surface area contributed by atoms with Gasteiger partial charge in [0, 0.05) is 11.3 Å². The van der Waals surface area contributed by atoms with E-state index in [0.717, 1.165) is 36.9 Å². The molecule has 6 heteroatoms. The molecule has 0 aliphatic heterocycles. The van der Waals surface area contributed by atoms with Gasteiger partial charge in [0.1, 0.15) is 0 Å². The van der Waals surface area contributed by atoms with Crippen LogP contribution in [0.15, 0.2) is 6.20 Å². The quantitative estimate of drug-likeness (QED) is 0.721. The Morgan fingerprint density at radius 3 is 3.10 bits per heavy atom.